The number of rotatable bonds is 5. The zero-order valence-electron chi connectivity index (χ0n) is 22.1. The van der Waals surface area contributed by atoms with Crippen molar-refractivity contribution >= 4 is 36.8 Å². The summed E-state index contributed by atoms with van der Waals surface area (Å²) in [4.78, 5) is 0. The van der Waals surface area contributed by atoms with Gasteiger partial charge in [0.25, 0.3) is 0 Å². The maximum atomic E-state index is 10.4. The average molecular weight is 583 g/mol. The van der Waals surface area contributed by atoms with E-state index < -0.39 is 26.2 Å². The first-order valence-corrected chi connectivity index (χ1v) is 17.5. The van der Waals surface area contributed by atoms with Crippen LogP contribution in [-0.2, 0) is 26.5 Å². The van der Waals surface area contributed by atoms with Gasteiger partial charge in [-0.1, -0.05) is 59.8 Å². The standard InChI is InChI=1S/C15H18NP.C8H13.C3H10NO2PS.CH3.Ni/c1-13(2)16-17(14-9-5-3-6-10-14)15-11-7-4-8-12-15;1-2-4-6-8-7-5-3-1;1-7(2)4-8(3,5)6;;/h3-13,16H,1-2H3;1-3H,4-8H2;1-3H3,(H,4,5,6);1H3;/q;-1;;-1;/p+2/b;2-1+;;;. The fourth-order valence-electron chi connectivity index (χ4n) is 3.16. The molecule has 2 aromatic rings. The van der Waals surface area contributed by atoms with Crippen molar-refractivity contribution < 1.29 is 25.3 Å². The van der Waals surface area contributed by atoms with Gasteiger partial charge in [-0.05, 0) is 38.1 Å². The third-order valence-electron chi connectivity index (χ3n) is 4.42. The van der Waals surface area contributed by atoms with Crippen LogP contribution >= 0.6 is 16.1 Å². The second-order valence-electron chi connectivity index (χ2n) is 8.51. The van der Waals surface area contributed by atoms with Crippen molar-refractivity contribution in [2.75, 3.05) is 19.6 Å². The maximum absolute atomic E-state index is 10.4. The Labute approximate surface area is 228 Å². The van der Waals surface area contributed by atoms with Gasteiger partial charge in [-0.25, -0.2) is 22.8 Å². The molecule has 8 heteroatoms. The van der Waals surface area contributed by atoms with Crippen molar-refractivity contribution in [3.63, 3.8) is 0 Å². The van der Waals surface area contributed by atoms with Gasteiger partial charge in [-0.2, -0.15) is 5.09 Å². The van der Waals surface area contributed by atoms with Crippen LogP contribution in [0.3, 0.4) is 0 Å². The molecule has 0 fully saturated rings. The van der Waals surface area contributed by atoms with Crippen LogP contribution in [0.2, 0.25) is 0 Å². The summed E-state index contributed by atoms with van der Waals surface area (Å²) >= 11 is 0. The molecule has 0 amide bonds. The van der Waals surface area contributed by atoms with Crippen LogP contribution in [0.25, 0.3) is 0 Å². The van der Waals surface area contributed by atoms with Crippen molar-refractivity contribution in [1.29, 1.82) is 0 Å². The van der Waals surface area contributed by atoms with Gasteiger partial charge in [0.05, 0.1) is 13.3 Å². The number of nitrogens with one attached hydrogen (secondary N) is 1. The molecule has 0 saturated carbocycles. The number of benzene rings is 2. The van der Waals surface area contributed by atoms with E-state index in [0.29, 0.717) is 6.04 Å². The molecule has 202 valence electrons. The first-order chi connectivity index (χ1) is 15.7. The summed E-state index contributed by atoms with van der Waals surface area (Å²) in [5.41, 5.74) is 0. The summed E-state index contributed by atoms with van der Waals surface area (Å²) in [5, 5.41) is 6.54. The largest absolute Gasteiger partial charge is 0.358 e. The molecule has 0 aliphatic heterocycles. The van der Waals surface area contributed by atoms with Gasteiger partial charge in [0.2, 0.25) is 0 Å². The van der Waals surface area contributed by atoms with E-state index in [1.807, 2.05) is 13.3 Å². The van der Waals surface area contributed by atoms with Crippen molar-refractivity contribution in [2.45, 2.75) is 52.0 Å². The average Bonchev–Trinajstić information content (AvgIpc) is 2.72. The molecule has 1 aliphatic carbocycles. The van der Waals surface area contributed by atoms with E-state index in [4.69, 9.17) is 4.55 Å². The second kappa shape index (κ2) is 21.4. The van der Waals surface area contributed by atoms with Gasteiger partial charge >= 0.3 is 0 Å². The smallest absolute Gasteiger partial charge is 0.192 e. The number of hydrogen-bond donors (Lipinski definition) is 2. The summed E-state index contributed by atoms with van der Waals surface area (Å²) in [6.07, 6.45) is 14.7. The minimum Gasteiger partial charge on any atom is -0.358 e. The minimum atomic E-state index is -2.80. The Kier molecular flexibility index (Phi) is 22.2. The molecule has 0 heterocycles. The molecule has 2 N–H and O–H groups in total. The molecule has 2 aromatic carbocycles. The molecular weight excluding hydrogens is 537 g/mol. The van der Waals surface area contributed by atoms with E-state index in [1.165, 1.54) is 49.0 Å². The SMILES string of the molecule is C1=C/CCCCC[CH-]/1.CC(C)N[PH+](c1ccccc1)c1ccccc1.C[PH+](C)N=S(C)(=O)O.[CH3-].[Ni]. The van der Waals surface area contributed by atoms with Gasteiger partial charge in [0.15, 0.2) is 10.0 Å². The first-order valence-electron chi connectivity index (χ1n) is 11.7. The fraction of sp³-hybridized carbons (Fsp3) is 0.407. The fourth-order valence-corrected chi connectivity index (χ4v) is 8.17. The first kappa shape index (κ1) is 36.4. The molecule has 1 unspecified atom stereocenters. The molecule has 0 spiro atoms. The summed E-state index contributed by atoms with van der Waals surface area (Å²) in [6.45, 7) is 8.14. The molecule has 0 bridgehead atoms. The van der Waals surface area contributed by atoms with E-state index >= 15 is 0 Å². The van der Waals surface area contributed by atoms with Crippen molar-refractivity contribution in [3.05, 3.63) is 86.7 Å². The van der Waals surface area contributed by atoms with Gasteiger partial charge < -0.3 is 7.43 Å². The van der Waals surface area contributed by atoms with Crippen LogP contribution in [0.1, 0.15) is 46.0 Å². The molecule has 35 heavy (non-hydrogen) atoms. The molecule has 0 saturated heterocycles. The Hall–Kier alpha value is -0.726. The Morgan fingerprint density at radius 1 is 0.971 bits per heavy atom. The molecule has 3 rings (SSSR count). The number of nitrogens with zero attached hydrogens (tertiary/aromatic N) is 1. The van der Waals surface area contributed by atoms with Gasteiger partial charge in [0.1, 0.15) is 26.8 Å². The van der Waals surface area contributed by atoms with Gasteiger partial charge in [-0.3, -0.25) is 4.55 Å². The molecule has 0 radical (unpaired) electrons. The molecule has 1 atom stereocenters. The summed E-state index contributed by atoms with van der Waals surface area (Å²) in [5.74, 6) is 0. The monoisotopic (exact) mass is 582 g/mol. The topological polar surface area (TPSA) is 61.7 Å². The van der Waals surface area contributed by atoms with Crippen LogP contribution in [-0.4, -0.2) is 34.4 Å². The molecular formula is C27H46N2NiO2P2S. The van der Waals surface area contributed by atoms with Crippen LogP contribution < -0.4 is 15.7 Å². The Balaban J connectivity index is 0. The summed E-state index contributed by atoms with van der Waals surface area (Å²) < 4.78 is 22.6. The third kappa shape index (κ3) is 20.1. The van der Waals surface area contributed by atoms with Crippen molar-refractivity contribution in [2.24, 2.45) is 4.13 Å². The Morgan fingerprint density at radius 3 is 1.89 bits per heavy atom. The van der Waals surface area contributed by atoms with E-state index in [-0.39, 0.29) is 23.9 Å². The summed E-state index contributed by atoms with van der Waals surface area (Å²) in [6, 6.07) is 22.0. The predicted molar refractivity (Wildman–Crippen MR) is 161 cm³/mol. The zero-order chi connectivity index (χ0) is 24.5. The van der Waals surface area contributed by atoms with E-state index in [2.05, 4.69) is 102 Å². The van der Waals surface area contributed by atoms with Crippen molar-refractivity contribution in [1.82, 2.24) is 5.09 Å². The zero-order valence-corrected chi connectivity index (χ0v) is 25.9. The summed E-state index contributed by atoms with van der Waals surface area (Å²) in [7, 11) is -4.54. The Bertz CT molecular complexity index is 846. The minimum absolute atomic E-state index is 0. The normalized spacial score (nSPS) is 15.2. The van der Waals surface area contributed by atoms with Crippen LogP contribution in [0.5, 0.6) is 0 Å². The maximum Gasteiger partial charge on any atom is 0.192 e. The van der Waals surface area contributed by atoms with E-state index in [0.717, 1.165) is 0 Å². The number of allylic oxidation sites excluding steroid dienone is 2. The van der Waals surface area contributed by atoms with Crippen LogP contribution in [0.4, 0.5) is 0 Å². The molecule has 1 aliphatic rings. The van der Waals surface area contributed by atoms with E-state index in [9.17, 15) is 4.21 Å². The van der Waals surface area contributed by atoms with Crippen molar-refractivity contribution in [3.8, 4) is 0 Å². The third-order valence-corrected chi connectivity index (χ3v) is 9.93. The van der Waals surface area contributed by atoms with Crippen LogP contribution in [0, 0.1) is 13.8 Å². The quantitative estimate of drug-likeness (QED) is 0.230. The predicted octanol–water partition coefficient (Wildman–Crippen LogP) is 6.87. The molecule has 4 nitrogen and oxygen atoms in total. The number of hydrogen-bond acceptors (Lipinski definition) is 3. The Morgan fingerprint density at radius 2 is 1.49 bits per heavy atom. The van der Waals surface area contributed by atoms with Gasteiger partial charge in [-0.15, -0.1) is 12.8 Å². The van der Waals surface area contributed by atoms with Crippen LogP contribution in [0.15, 0.2) is 76.9 Å². The molecule has 0 aromatic heterocycles. The van der Waals surface area contributed by atoms with E-state index in [1.54, 1.807) is 0 Å². The second-order valence-corrected chi connectivity index (χ2v) is 14.9. The van der Waals surface area contributed by atoms with Gasteiger partial charge in [0, 0.05) is 28.8 Å².